The summed E-state index contributed by atoms with van der Waals surface area (Å²) in [7, 11) is 2.92. The molecule has 0 N–H and O–H groups in total. The van der Waals surface area contributed by atoms with Gasteiger partial charge in [0.15, 0.2) is 5.13 Å². The van der Waals surface area contributed by atoms with E-state index in [4.69, 9.17) is 30.8 Å². The van der Waals surface area contributed by atoms with Crippen molar-refractivity contribution < 1.29 is 19.0 Å². The molecule has 0 bridgehead atoms. The molecule has 9 nitrogen and oxygen atoms in total. The minimum atomic E-state index is -0.305. The molecule has 170 valence electrons. The molecule has 1 fully saturated rings. The lowest BCUT2D eigenvalue weighted by atomic mass is 10.2. The Morgan fingerprint density at radius 1 is 1.19 bits per heavy atom. The van der Waals surface area contributed by atoms with Crippen LogP contribution in [0.25, 0.3) is 10.2 Å². The molecule has 2 aromatic heterocycles. The lowest BCUT2D eigenvalue weighted by molar-refractivity contribution is 0.0391. The number of aromatic nitrogens is 3. The van der Waals surface area contributed by atoms with Gasteiger partial charge in [-0.15, -0.1) is 0 Å². The molecule has 3 heterocycles. The van der Waals surface area contributed by atoms with E-state index >= 15 is 0 Å². The number of aryl methyl sites for hydroxylation is 1. The van der Waals surface area contributed by atoms with Crippen LogP contribution in [0.2, 0.25) is 5.02 Å². The number of anilines is 1. The smallest absolute Gasteiger partial charge is 0.320 e. The number of carbonyl (C=O) groups is 1. The maximum atomic E-state index is 13.6. The highest BCUT2D eigenvalue weighted by molar-refractivity contribution is 7.22. The summed E-state index contributed by atoms with van der Waals surface area (Å²) in [6, 6.07) is 5.30. The first-order valence-electron chi connectivity index (χ1n) is 10.1. The number of benzene rings is 1. The Hall–Kier alpha value is -2.53. The summed E-state index contributed by atoms with van der Waals surface area (Å²) < 4.78 is 16.7. The van der Waals surface area contributed by atoms with Crippen molar-refractivity contribution in [2.24, 2.45) is 0 Å². The number of nitrogens with zero attached hydrogens (tertiary/aromatic N) is 5. The molecule has 11 heteroatoms. The van der Waals surface area contributed by atoms with Crippen LogP contribution in [-0.2, 0) is 4.74 Å². The van der Waals surface area contributed by atoms with Gasteiger partial charge in [0.2, 0.25) is 5.88 Å². The van der Waals surface area contributed by atoms with Gasteiger partial charge in [-0.3, -0.25) is 14.6 Å². The molecular weight excluding hydrogens is 454 g/mol. The Balaban J connectivity index is 1.70. The van der Waals surface area contributed by atoms with Gasteiger partial charge in [-0.05, 0) is 24.6 Å². The number of morpholine rings is 1. The SMILES string of the molecule is COc1cc(C(=O)N(CCN2CCOCC2)c2nc3c(C)cc(Cl)cc3s2)nc(OC)n1. The largest absolute Gasteiger partial charge is 0.481 e. The number of hydrogen-bond donors (Lipinski definition) is 0. The molecule has 1 aromatic carbocycles. The van der Waals surface area contributed by atoms with Crippen molar-refractivity contribution in [2.45, 2.75) is 6.92 Å². The van der Waals surface area contributed by atoms with Crippen LogP contribution in [0.1, 0.15) is 16.1 Å². The first kappa shape index (κ1) is 22.7. The summed E-state index contributed by atoms with van der Waals surface area (Å²) in [5.41, 5.74) is 1.96. The van der Waals surface area contributed by atoms with Crippen LogP contribution in [0.15, 0.2) is 18.2 Å². The van der Waals surface area contributed by atoms with Crippen LogP contribution < -0.4 is 14.4 Å². The zero-order valence-corrected chi connectivity index (χ0v) is 19.7. The Bertz CT molecular complexity index is 1100. The number of amides is 1. The number of halogens is 1. The summed E-state index contributed by atoms with van der Waals surface area (Å²) in [6.45, 7) is 6.11. The lowest BCUT2D eigenvalue weighted by Gasteiger charge is -2.29. The van der Waals surface area contributed by atoms with E-state index in [2.05, 4.69) is 14.9 Å². The zero-order valence-electron chi connectivity index (χ0n) is 18.1. The highest BCUT2D eigenvalue weighted by Crippen LogP contribution is 2.33. The van der Waals surface area contributed by atoms with Gasteiger partial charge >= 0.3 is 6.01 Å². The molecule has 0 aliphatic carbocycles. The highest BCUT2D eigenvalue weighted by atomic mass is 35.5. The Kier molecular flexibility index (Phi) is 7.04. The van der Waals surface area contributed by atoms with Crippen LogP contribution in [-0.4, -0.2) is 79.4 Å². The van der Waals surface area contributed by atoms with Crippen molar-refractivity contribution in [1.82, 2.24) is 19.9 Å². The van der Waals surface area contributed by atoms with Crippen molar-refractivity contribution in [2.75, 3.05) is 58.5 Å². The average Bonchev–Trinajstić information content (AvgIpc) is 3.23. The van der Waals surface area contributed by atoms with Crippen LogP contribution in [0.5, 0.6) is 11.9 Å². The van der Waals surface area contributed by atoms with Crippen LogP contribution in [0.4, 0.5) is 5.13 Å². The summed E-state index contributed by atoms with van der Waals surface area (Å²) in [4.78, 5) is 30.6. The normalized spacial score (nSPS) is 14.5. The second kappa shape index (κ2) is 9.95. The number of rotatable bonds is 7. The molecule has 0 radical (unpaired) electrons. The minimum absolute atomic E-state index is 0.0627. The number of thiazole rings is 1. The summed E-state index contributed by atoms with van der Waals surface area (Å²) >= 11 is 7.66. The summed E-state index contributed by atoms with van der Waals surface area (Å²) in [5, 5.41) is 1.22. The van der Waals surface area contributed by atoms with Crippen LogP contribution in [0, 0.1) is 6.92 Å². The van der Waals surface area contributed by atoms with Crippen LogP contribution >= 0.6 is 22.9 Å². The zero-order chi connectivity index (χ0) is 22.7. The van der Waals surface area contributed by atoms with Gasteiger partial charge in [0.05, 0.1) is 37.6 Å². The lowest BCUT2D eigenvalue weighted by Crippen LogP contribution is -2.43. The quantitative estimate of drug-likeness (QED) is 0.513. The van der Waals surface area contributed by atoms with E-state index in [-0.39, 0.29) is 23.5 Å². The first-order chi connectivity index (χ1) is 15.5. The van der Waals surface area contributed by atoms with E-state index in [0.717, 1.165) is 28.9 Å². The third-order valence-electron chi connectivity index (χ3n) is 5.15. The standard InChI is InChI=1S/C21H24ClN5O4S/c1-13-10-14(22)11-16-18(13)25-21(32-16)27(5-4-26-6-8-31-9-7-26)19(28)15-12-17(29-2)24-20(23-15)30-3/h10-12H,4-9H2,1-3H3. The van der Waals surface area contributed by atoms with Crippen molar-refractivity contribution in [1.29, 1.82) is 0 Å². The van der Waals surface area contributed by atoms with E-state index in [1.54, 1.807) is 4.90 Å². The molecule has 1 amide bonds. The second-order valence-electron chi connectivity index (χ2n) is 7.26. The van der Waals surface area contributed by atoms with E-state index in [0.29, 0.717) is 36.5 Å². The second-order valence-corrected chi connectivity index (χ2v) is 8.70. The molecule has 3 aromatic rings. The number of fused-ring (bicyclic) bond motifs is 1. The number of hydrogen-bond acceptors (Lipinski definition) is 9. The van der Waals surface area contributed by atoms with E-state index in [1.165, 1.54) is 31.6 Å². The molecule has 0 unspecified atom stereocenters. The van der Waals surface area contributed by atoms with Crippen molar-refractivity contribution >= 4 is 44.2 Å². The first-order valence-corrected chi connectivity index (χ1v) is 11.3. The monoisotopic (exact) mass is 477 g/mol. The average molecular weight is 478 g/mol. The fourth-order valence-corrected chi connectivity index (χ4v) is 4.90. The van der Waals surface area contributed by atoms with E-state index in [9.17, 15) is 4.79 Å². The number of carbonyl (C=O) groups excluding carboxylic acids is 1. The van der Waals surface area contributed by atoms with Gasteiger partial charge in [-0.25, -0.2) is 4.98 Å². The Morgan fingerprint density at radius 2 is 1.97 bits per heavy atom. The van der Waals surface area contributed by atoms with Gasteiger partial charge in [0, 0.05) is 37.3 Å². The predicted octanol–water partition coefficient (Wildman–Crippen LogP) is 3.04. The molecule has 0 spiro atoms. The van der Waals surface area contributed by atoms with Crippen molar-refractivity contribution in [3.8, 4) is 11.9 Å². The summed E-state index contributed by atoms with van der Waals surface area (Å²) in [5.74, 6) is -0.0553. The van der Waals surface area contributed by atoms with Gasteiger partial charge in [-0.1, -0.05) is 22.9 Å². The third-order valence-corrected chi connectivity index (χ3v) is 6.40. The summed E-state index contributed by atoms with van der Waals surface area (Å²) in [6.07, 6.45) is 0. The van der Waals surface area contributed by atoms with Crippen molar-refractivity contribution in [3.05, 3.63) is 34.5 Å². The molecule has 1 aliphatic heterocycles. The van der Waals surface area contributed by atoms with Crippen molar-refractivity contribution in [3.63, 3.8) is 0 Å². The van der Waals surface area contributed by atoms with Crippen LogP contribution in [0.3, 0.4) is 0 Å². The Labute approximate surface area is 194 Å². The van der Waals surface area contributed by atoms with E-state index < -0.39 is 0 Å². The molecule has 1 aliphatic rings. The number of ether oxygens (including phenoxy) is 3. The third kappa shape index (κ3) is 4.93. The highest BCUT2D eigenvalue weighted by Gasteiger charge is 2.25. The van der Waals surface area contributed by atoms with Gasteiger partial charge in [-0.2, -0.15) is 9.97 Å². The molecule has 0 saturated carbocycles. The molecule has 4 rings (SSSR count). The topological polar surface area (TPSA) is 89.9 Å². The van der Waals surface area contributed by atoms with E-state index in [1.807, 2.05) is 19.1 Å². The predicted molar refractivity (Wildman–Crippen MR) is 123 cm³/mol. The maximum absolute atomic E-state index is 13.6. The fourth-order valence-electron chi connectivity index (χ4n) is 3.46. The minimum Gasteiger partial charge on any atom is -0.481 e. The van der Waals surface area contributed by atoms with Gasteiger partial charge < -0.3 is 14.2 Å². The van der Waals surface area contributed by atoms with Gasteiger partial charge in [0.1, 0.15) is 5.69 Å². The maximum Gasteiger partial charge on any atom is 0.320 e. The molecule has 1 saturated heterocycles. The molecular formula is C21H24ClN5O4S. The fraction of sp³-hybridized carbons (Fsp3) is 0.429. The van der Waals surface area contributed by atoms with Gasteiger partial charge in [0.25, 0.3) is 5.91 Å². The molecule has 32 heavy (non-hydrogen) atoms. The number of methoxy groups -OCH3 is 2. The molecule has 0 atom stereocenters. The Morgan fingerprint density at radius 3 is 2.69 bits per heavy atom.